The number of nitrogens with zero attached hydrogens (tertiary/aromatic N) is 3. The van der Waals surface area contributed by atoms with Crippen LogP contribution < -0.4 is 5.32 Å². The number of aliphatic carboxylic acids is 3. The Hall–Kier alpha value is -2.50. The molecule has 4 N–H and O–H groups in total. The maximum atomic E-state index is 12.5. The lowest BCUT2D eigenvalue weighted by Gasteiger charge is -2.32. The molecule has 0 bridgehead atoms. The van der Waals surface area contributed by atoms with Crippen LogP contribution >= 0.6 is 0 Å². The molecule has 1 unspecified atom stereocenters. The van der Waals surface area contributed by atoms with Crippen molar-refractivity contribution in [2.75, 3.05) is 52.4 Å². The molecule has 0 radical (unpaired) electrons. The highest BCUT2D eigenvalue weighted by Crippen LogP contribution is 2.34. The maximum Gasteiger partial charge on any atom is 0.317 e. The van der Waals surface area contributed by atoms with Crippen molar-refractivity contribution in [3.05, 3.63) is 12.3 Å². The van der Waals surface area contributed by atoms with E-state index in [1.807, 2.05) is 0 Å². The van der Waals surface area contributed by atoms with Crippen molar-refractivity contribution in [1.82, 2.24) is 20.0 Å². The molecule has 168 valence electrons. The molecule has 1 aliphatic heterocycles. The van der Waals surface area contributed by atoms with E-state index in [0.29, 0.717) is 25.3 Å². The zero-order valence-electron chi connectivity index (χ0n) is 17.0. The van der Waals surface area contributed by atoms with Gasteiger partial charge in [0.1, 0.15) is 0 Å². The van der Waals surface area contributed by atoms with Crippen LogP contribution in [0.5, 0.6) is 0 Å². The number of amides is 1. The van der Waals surface area contributed by atoms with Gasteiger partial charge in [0.15, 0.2) is 0 Å². The third-order valence-electron chi connectivity index (χ3n) is 5.27. The summed E-state index contributed by atoms with van der Waals surface area (Å²) in [4.78, 5) is 51.2. The van der Waals surface area contributed by atoms with E-state index in [9.17, 15) is 29.4 Å². The summed E-state index contributed by atoms with van der Waals surface area (Å²) in [5.41, 5.74) is 0.655. The van der Waals surface area contributed by atoms with Gasteiger partial charge in [0.25, 0.3) is 0 Å². The number of carboxylic acids is 3. The van der Waals surface area contributed by atoms with E-state index < -0.39 is 23.9 Å². The highest BCUT2D eigenvalue weighted by Gasteiger charge is 2.31. The molecule has 2 fully saturated rings. The van der Waals surface area contributed by atoms with Crippen molar-refractivity contribution in [2.45, 2.75) is 25.3 Å². The lowest BCUT2D eigenvalue weighted by molar-refractivity contribution is -0.141. The molecule has 1 saturated carbocycles. The van der Waals surface area contributed by atoms with Gasteiger partial charge in [-0.2, -0.15) is 0 Å². The summed E-state index contributed by atoms with van der Waals surface area (Å²) >= 11 is 0. The van der Waals surface area contributed by atoms with Crippen LogP contribution in [-0.4, -0.2) is 112 Å². The molecule has 1 saturated heterocycles. The number of carbonyl (C=O) groups is 4. The topological polar surface area (TPSA) is 151 Å². The predicted octanol–water partition coefficient (Wildman–Crippen LogP) is -1.04. The monoisotopic (exact) mass is 426 g/mol. The van der Waals surface area contributed by atoms with Crippen LogP contribution in [0, 0.1) is 5.92 Å². The fourth-order valence-electron chi connectivity index (χ4n) is 3.59. The second-order valence-electron chi connectivity index (χ2n) is 7.87. The van der Waals surface area contributed by atoms with Gasteiger partial charge in [-0.3, -0.25) is 33.9 Å². The first kappa shape index (κ1) is 23.8. The average Bonchev–Trinajstić information content (AvgIpc) is 3.45. The first-order valence-corrected chi connectivity index (χ1v) is 9.96. The lowest BCUT2D eigenvalue weighted by atomic mass is 10.1. The minimum absolute atomic E-state index is 0.00588. The number of hydrogen-bond acceptors (Lipinski definition) is 7. The van der Waals surface area contributed by atoms with Crippen molar-refractivity contribution >= 4 is 23.8 Å². The number of allylic oxidation sites excluding steroid dienone is 1. The second kappa shape index (κ2) is 11.0. The summed E-state index contributed by atoms with van der Waals surface area (Å²) in [5.74, 6) is -3.13. The third kappa shape index (κ3) is 8.47. The molecule has 11 heteroatoms. The summed E-state index contributed by atoms with van der Waals surface area (Å²) in [6.07, 6.45) is 1.97. The molecule has 0 aromatic heterocycles. The van der Waals surface area contributed by atoms with Crippen LogP contribution in [0.1, 0.15) is 19.3 Å². The molecular weight excluding hydrogens is 396 g/mol. The molecule has 11 nitrogen and oxygen atoms in total. The molecule has 0 aromatic rings. The van der Waals surface area contributed by atoms with E-state index >= 15 is 0 Å². The van der Waals surface area contributed by atoms with Crippen molar-refractivity contribution in [3.8, 4) is 0 Å². The van der Waals surface area contributed by atoms with E-state index in [-0.39, 0.29) is 51.0 Å². The van der Waals surface area contributed by atoms with Crippen molar-refractivity contribution in [1.29, 1.82) is 0 Å². The normalized spacial score (nSPS) is 21.8. The molecule has 30 heavy (non-hydrogen) atoms. The number of carboxylic acid groups (broad SMARTS) is 3. The fraction of sp³-hybridized carbons (Fsp3) is 0.684. The third-order valence-corrected chi connectivity index (χ3v) is 5.27. The average molecular weight is 426 g/mol. The van der Waals surface area contributed by atoms with Gasteiger partial charge in [-0.05, 0) is 18.8 Å². The highest BCUT2D eigenvalue weighted by molar-refractivity contribution is 5.78. The van der Waals surface area contributed by atoms with Crippen LogP contribution in [-0.2, 0) is 19.2 Å². The van der Waals surface area contributed by atoms with Gasteiger partial charge >= 0.3 is 17.9 Å². The van der Waals surface area contributed by atoms with Gasteiger partial charge in [-0.1, -0.05) is 6.58 Å². The van der Waals surface area contributed by atoms with Crippen LogP contribution in [0.4, 0.5) is 0 Å². The Labute approximate surface area is 174 Å². The van der Waals surface area contributed by atoms with Crippen molar-refractivity contribution in [2.24, 2.45) is 5.92 Å². The van der Waals surface area contributed by atoms with Crippen LogP contribution in [0.25, 0.3) is 0 Å². The summed E-state index contributed by atoms with van der Waals surface area (Å²) < 4.78 is 0. The first-order chi connectivity index (χ1) is 14.1. The van der Waals surface area contributed by atoms with Crippen molar-refractivity contribution < 1.29 is 34.5 Å². The number of hydrogen-bond donors (Lipinski definition) is 4. The highest BCUT2D eigenvalue weighted by atomic mass is 16.4. The summed E-state index contributed by atoms with van der Waals surface area (Å²) in [6, 6.07) is -0.530. The Morgan fingerprint density at radius 1 is 0.833 bits per heavy atom. The Kier molecular flexibility index (Phi) is 8.75. The van der Waals surface area contributed by atoms with E-state index in [0.717, 1.165) is 12.8 Å². The summed E-state index contributed by atoms with van der Waals surface area (Å²) in [6.45, 7) is 4.39. The Bertz CT molecular complexity index is 680. The zero-order chi connectivity index (χ0) is 22.3. The maximum absolute atomic E-state index is 12.5. The minimum atomic E-state index is -1.07. The Morgan fingerprint density at radius 2 is 1.37 bits per heavy atom. The quantitative estimate of drug-likeness (QED) is 0.341. The van der Waals surface area contributed by atoms with E-state index in [4.69, 9.17) is 5.11 Å². The van der Waals surface area contributed by atoms with Gasteiger partial charge in [-0.25, -0.2) is 0 Å². The summed E-state index contributed by atoms with van der Waals surface area (Å²) in [7, 11) is 0. The fourth-order valence-corrected chi connectivity index (χ4v) is 3.59. The lowest BCUT2D eigenvalue weighted by Crippen LogP contribution is -2.49. The molecule has 1 heterocycles. The largest absolute Gasteiger partial charge is 0.480 e. The molecule has 1 amide bonds. The van der Waals surface area contributed by atoms with Gasteiger partial charge < -0.3 is 20.6 Å². The first-order valence-electron chi connectivity index (χ1n) is 9.96. The van der Waals surface area contributed by atoms with E-state index in [1.165, 1.54) is 0 Å². The Balaban J connectivity index is 2.16. The van der Waals surface area contributed by atoms with Crippen LogP contribution in [0.2, 0.25) is 0 Å². The molecule has 2 rings (SSSR count). The summed E-state index contributed by atoms with van der Waals surface area (Å²) in [5, 5.41) is 30.4. The van der Waals surface area contributed by atoms with Crippen molar-refractivity contribution in [3.63, 3.8) is 0 Å². The van der Waals surface area contributed by atoms with Crippen LogP contribution in [0.3, 0.4) is 0 Å². The van der Waals surface area contributed by atoms with Crippen LogP contribution in [0.15, 0.2) is 12.3 Å². The molecule has 0 aromatic carbocycles. The van der Waals surface area contributed by atoms with Gasteiger partial charge in [0.05, 0.1) is 19.6 Å². The van der Waals surface area contributed by atoms with Gasteiger partial charge in [-0.15, -0.1) is 0 Å². The van der Waals surface area contributed by atoms with Gasteiger partial charge in [0, 0.05) is 50.9 Å². The molecule has 1 atom stereocenters. The smallest absolute Gasteiger partial charge is 0.317 e. The standard InChI is InChI=1S/C19H30N4O7/c1-13(14-2-3-14)20-16(24)8-15-9-22(11-18(27)28)5-4-21(10-17(25)26)6-7-23(15)12-19(29)30/h14-15H,1-12H2,(H,20,24)(H,25,26)(H,27,28)(H,29,30). The predicted molar refractivity (Wildman–Crippen MR) is 106 cm³/mol. The van der Waals surface area contributed by atoms with E-state index in [2.05, 4.69) is 11.9 Å². The molecule has 0 spiro atoms. The minimum Gasteiger partial charge on any atom is -0.480 e. The molecular formula is C19H30N4O7. The SMILES string of the molecule is C=C(NC(=O)CC1CN(CC(=O)O)CCN(CC(=O)O)CCN1CC(=O)O)C1CC1. The number of rotatable bonds is 10. The molecule has 2 aliphatic rings. The Morgan fingerprint density at radius 3 is 1.93 bits per heavy atom. The second-order valence-corrected chi connectivity index (χ2v) is 7.87. The number of nitrogens with one attached hydrogen (secondary N) is 1. The molecule has 1 aliphatic carbocycles. The number of carbonyl (C=O) groups excluding carboxylic acids is 1. The zero-order valence-corrected chi connectivity index (χ0v) is 17.0. The van der Waals surface area contributed by atoms with E-state index in [1.54, 1.807) is 14.7 Å². The van der Waals surface area contributed by atoms with Gasteiger partial charge in [0.2, 0.25) is 5.91 Å².